The third-order valence-electron chi connectivity index (χ3n) is 6.88. The van der Waals surface area contributed by atoms with E-state index >= 15 is 0 Å². The predicted octanol–water partition coefficient (Wildman–Crippen LogP) is 5.47. The molecule has 0 aliphatic carbocycles. The number of likely N-dealkylation sites (tertiary alicyclic amines) is 1. The molecule has 1 aliphatic rings. The highest BCUT2D eigenvalue weighted by atomic mass is 19.4. The van der Waals surface area contributed by atoms with Crippen molar-refractivity contribution in [1.29, 1.82) is 0 Å². The molecule has 4 aromatic rings. The van der Waals surface area contributed by atoms with Crippen molar-refractivity contribution in [2.75, 3.05) is 37.8 Å². The van der Waals surface area contributed by atoms with Crippen LogP contribution in [0.1, 0.15) is 34.8 Å². The summed E-state index contributed by atoms with van der Waals surface area (Å²) in [5, 5.41) is 12.7. The third kappa shape index (κ3) is 6.07. The molecule has 5 rings (SSSR count). The topological polar surface area (TPSA) is 100 Å². The van der Waals surface area contributed by atoms with Crippen LogP contribution in [0.3, 0.4) is 0 Å². The second-order valence-electron chi connectivity index (χ2n) is 9.65. The van der Waals surface area contributed by atoms with Crippen LogP contribution < -0.4 is 16.0 Å². The van der Waals surface area contributed by atoms with Crippen LogP contribution in [0.5, 0.6) is 0 Å². The zero-order chi connectivity index (χ0) is 28.3. The van der Waals surface area contributed by atoms with Gasteiger partial charge in [0.2, 0.25) is 5.95 Å². The van der Waals surface area contributed by atoms with E-state index < -0.39 is 23.5 Å². The first-order valence-corrected chi connectivity index (χ1v) is 12.8. The number of amides is 1. The number of aromatic nitrogens is 4. The molecule has 0 saturated carbocycles. The normalized spacial score (nSPS) is 14.6. The molecule has 9 nitrogen and oxygen atoms in total. The fourth-order valence-corrected chi connectivity index (χ4v) is 4.62. The highest BCUT2D eigenvalue weighted by Crippen LogP contribution is 2.36. The van der Waals surface area contributed by atoms with Gasteiger partial charge in [0.05, 0.1) is 23.5 Å². The van der Waals surface area contributed by atoms with E-state index in [2.05, 4.69) is 43.0 Å². The average Bonchev–Trinajstić information content (AvgIpc) is 3.44. The molecule has 12 heteroatoms. The van der Waals surface area contributed by atoms with Gasteiger partial charge in [-0.15, -0.1) is 0 Å². The lowest BCUT2D eigenvalue weighted by atomic mass is 10.1. The molecule has 0 bridgehead atoms. The summed E-state index contributed by atoms with van der Waals surface area (Å²) in [7, 11) is 3.57. The van der Waals surface area contributed by atoms with Crippen molar-refractivity contribution in [2.24, 2.45) is 0 Å². The first-order chi connectivity index (χ1) is 19.2. The van der Waals surface area contributed by atoms with Gasteiger partial charge in [0, 0.05) is 30.7 Å². The summed E-state index contributed by atoms with van der Waals surface area (Å²) in [4.78, 5) is 22.5. The number of carbonyl (C=O) groups is 1. The maximum Gasteiger partial charge on any atom is 0.421 e. The lowest BCUT2D eigenvalue weighted by molar-refractivity contribution is -0.137. The molecule has 1 fully saturated rings. The first-order valence-electron chi connectivity index (χ1n) is 12.8. The molecular formula is C28H29F3N8O. The van der Waals surface area contributed by atoms with Gasteiger partial charge in [-0.05, 0) is 62.8 Å². The molecule has 1 aliphatic heterocycles. The smallest absolute Gasteiger partial charge is 0.355 e. The molecular weight excluding hydrogens is 521 g/mol. The number of alkyl halides is 3. The summed E-state index contributed by atoms with van der Waals surface area (Å²) in [6.45, 7) is 2.09. The van der Waals surface area contributed by atoms with Crippen molar-refractivity contribution in [3.63, 3.8) is 0 Å². The number of rotatable bonds is 7. The maximum atomic E-state index is 13.7. The molecule has 2 aromatic carbocycles. The average molecular weight is 551 g/mol. The number of hydrogen-bond acceptors (Lipinski definition) is 7. The molecule has 0 radical (unpaired) electrons. The summed E-state index contributed by atoms with van der Waals surface area (Å²) < 4.78 is 43.3. The van der Waals surface area contributed by atoms with E-state index in [1.165, 1.54) is 19.2 Å². The Kier molecular flexibility index (Phi) is 7.69. The Morgan fingerprint density at radius 3 is 2.40 bits per heavy atom. The molecule has 40 heavy (non-hydrogen) atoms. The zero-order valence-electron chi connectivity index (χ0n) is 22.0. The van der Waals surface area contributed by atoms with Crippen LogP contribution in [-0.2, 0) is 6.18 Å². The van der Waals surface area contributed by atoms with Crippen molar-refractivity contribution in [1.82, 2.24) is 30.0 Å². The molecule has 0 atom stereocenters. The van der Waals surface area contributed by atoms with E-state index in [-0.39, 0.29) is 17.2 Å². The summed E-state index contributed by atoms with van der Waals surface area (Å²) in [5.41, 5.74) is 1.86. The van der Waals surface area contributed by atoms with Gasteiger partial charge in [-0.3, -0.25) is 9.48 Å². The Morgan fingerprint density at radius 2 is 1.70 bits per heavy atom. The van der Waals surface area contributed by atoms with E-state index in [1.54, 1.807) is 24.3 Å². The van der Waals surface area contributed by atoms with Crippen molar-refractivity contribution in [2.45, 2.75) is 25.1 Å². The fourth-order valence-electron chi connectivity index (χ4n) is 4.62. The Morgan fingerprint density at radius 1 is 0.975 bits per heavy atom. The number of anilines is 4. The predicted molar refractivity (Wildman–Crippen MR) is 147 cm³/mol. The number of halogens is 3. The highest BCUT2D eigenvalue weighted by Gasteiger charge is 2.35. The SMILES string of the molecule is CNC(=O)c1ccccc1Nc1nc(Nc2ccc(-c3cnn(C4CCN(C)CC4)c3)cc2)ncc1C(F)(F)F. The van der Waals surface area contributed by atoms with Crippen LogP contribution in [0.25, 0.3) is 11.1 Å². The van der Waals surface area contributed by atoms with Crippen LogP contribution in [0.2, 0.25) is 0 Å². The summed E-state index contributed by atoms with van der Waals surface area (Å²) in [6.07, 6.45) is 2.01. The van der Waals surface area contributed by atoms with Gasteiger partial charge < -0.3 is 20.9 Å². The summed E-state index contributed by atoms with van der Waals surface area (Å²) >= 11 is 0. The lowest BCUT2D eigenvalue weighted by Gasteiger charge is -2.28. The van der Waals surface area contributed by atoms with Gasteiger partial charge in [-0.1, -0.05) is 24.3 Å². The third-order valence-corrected chi connectivity index (χ3v) is 6.88. The summed E-state index contributed by atoms with van der Waals surface area (Å²) in [5.74, 6) is -0.948. The Hall–Kier alpha value is -4.45. The molecule has 3 heterocycles. The van der Waals surface area contributed by atoms with E-state index in [4.69, 9.17) is 0 Å². The molecule has 0 unspecified atom stereocenters. The minimum Gasteiger partial charge on any atom is -0.355 e. The molecule has 2 aromatic heterocycles. The number of piperidine rings is 1. The van der Waals surface area contributed by atoms with Crippen LogP contribution in [0.15, 0.2) is 67.1 Å². The Balaban J connectivity index is 1.34. The van der Waals surface area contributed by atoms with Gasteiger partial charge in [0.15, 0.2) is 0 Å². The monoisotopic (exact) mass is 550 g/mol. The van der Waals surface area contributed by atoms with E-state index in [9.17, 15) is 18.0 Å². The fraction of sp³-hybridized carbons (Fsp3) is 0.286. The number of para-hydroxylation sites is 1. The van der Waals surface area contributed by atoms with Gasteiger partial charge in [0.25, 0.3) is 5.91 Å². The van der Waals surface area contributed by atoms with Gasteiger partial charge in [-0.2, -0.15) is 23.3 Å². The standard InChI is InChI=1S/C28H29F3N8O/c1-32-26(40)22-5-3-4-6-24(22)36-25-23(28(29,30)31)16-33-27(37-25)35-20-9-7-18(8-10-20)19-15-34-39(17-19)21-11-13-38(2)14-12-21/h3-10,15-17,21H,11-14H2,1-2H3,(H,32,40)(H2,33,35,36,37). The first kappa shape index (κ1) is 27.1. The Labute approximate surface area is 229 Å². The van der Waals surface area contributed by atoms with Crippen LogP contribution in [0, 0.1) is 0 Å². The number of nitrogens with one attached hydrogen (secondary N) is 3. The van der Waals surface area contributed by atoms with E-state index in [0.717, 1.165) is 37.1 Å². The van der Waals surface area contributed by atoms with Gasteiger partial charge >= 0.3 is 6.18 Å². The minimum atomic E-state index is -4.71. The Bertz CT molecular complexity index is 1480. The van der Waals surface area contributed by atoms with Gasteiger partial charge in [0.1, 0.15) is 11.4 Å². The van der Waals surface area contributed by atoms with E-state index in [1.807, 2.05) is 29.2 Å². The van der Waals surface area contributed by atoms with Gasteiger partial charge in [-0.25, -0.2) is 4.98 Å². The number of benzene rings is 2. The molecule has 1 saturated heterocycles. The van der Waals surface area contributed by atoms with E-state index in [0.29, 0.717) is 17.9 Å². The lowest BCUT2D eigenvalue weighted by Crippen LogP contribution is -2.31. The zero-order valence-corrected chi connectivity index (χ0v) is 22.0. The maximum absolute atomic E-state index is 13.7. The highest BCUT2D eigenvalue weighted by molar-refractivity contribution is 6.00. The molecule has 0 spiro atoms. The molecule has 1 amide bonds. The van der Waals surface area contributed by atoms with Crippen LogP contribution in [-0.4, -0.2) is 57.7 Å². The number of nitrogens with zero attached hydrogens (tertiary/aromatic N) is 5. The second kappa shape index (κ2) is 11.3. The van der Waals surface area contributed by atoms with Crippen molar-refractivity contribution < 1.29 is 18.0 Å². The molecule has 208 valence electrons. The molecule has 3 N–H and O–H groups in total. The van der Waals surface area contributed by atoms with Crippen molar-refractivity contribution in [3.05, 3.63) is 78.2 Å². The minimum absolute atomic E-state index is 0.0317. The quantitative estimate of drug-likeness (QED) is 0.281. The second-order valence-corrected chi connectivity index (χ2v) is 9.65. The number of carbonyl (C=O) groups excluding carboxylic acids is 1. The van der Waals surface area contributed by atoms with Crippen LogP contribution >= 0.6 is 0 Å². The van der Waals surface area contributed by atoms with Crippen molar-refractivity contribution in [3.8, 4) is 11.1 Å². The summed E-state index contributed by atoms with van der Waals surface area (Å²) in [6, 6.07) is 14.0. The number of hydrogen-bond donors (Lipinski definition) is 3. The van der Waals surface area contributed by atoms with Crippen molar-refractivity contribution >= 4 is 29.0 Å². The van der Waals surface area contributed by atoms with Crippen LogP contribution in [0.4, 0.5) is 36.3 Å². The largest absolute Gasteiger partial charge is 0.421 e.